The molecule has 1 aromatic heterocycles. The Labute approximate surface area is 261 Å². The number of amides is 3. The Hall–Kier alpha value is -3.82. The molecule has 2 atom stereocenters. The zero-order valence-electron chi connectivity index (χ0n) is 25.2. The first-order chi connectivity index (χ1) is 21.8. The summed E-state index contributed by atoms with van der Waals surface area (Å²) in [5.41, 5.74) is -1.99. The predicted octanol–water partition coefficient (Wildman–Crippen LogP) is 4.76. The topological polar surface area (TPSA) is 90.0 Å². The first-order valence-electron chi connectivity index (χ1n) is 15.0. The molecule has 3 fully saturated rings. The molecule has 1 saturated carbocycles. The van der Waals surface area contributed by atoms with Crippen LogP contribution in [0, 0.1) is 17.6 Å². The molecule has 9 nitrogen and oxygen atoms in total. The SMILES string of the molecule is COc1cc(F)c([C@@H]2CN(c3nccc(N4CCN(C)CC4)c3C(F)(F)F)C(=O)[C@H]2NC(=O)N[C@H]2CC[C@H](C(F)F)CC2)c(F)c1. The van der Waals surface area contributed by atoms with Gasteiger partial charge in [0.15, 0.2) is 0 Å². The van der Waals surface area contributed by atoms with Crippen molar-refractivity contribution in [3.8, 4) is 5.75 Å². The molecule has 2 saturated heterocycles. The Balaban J connectivity index is 1.49. The number of carbonyl (C=O) groups excluding carboxylic acids is 2. The van der Waals surface area contributed by atoms with Gasteiger partial charge in [0.2, 0.25) is 6.43 Å². The maximum absolute atomic E-state index is 15.4. The lowest BCUT2D eigenvalue weighted by Gasteiger charge is -2.36. The van der Waals surface area contributed by atoms with E-state index in [-0.39, 0.29) is 50.2 Å². The van der Waals surface area contributed by atoms with Crippen LogP contribution in [-0.2, 0) is 11.0 Å². The van der Waals surface area contributed by atoms with Crippen LogP contribution in [0.15, 0.2) is 24.4 Å². The number of nitrogens with zero attached hydrogens (tertiary/aromatic N) is 4. The van der Waals surface area contributed by atoms with Crippen LogP contribution in [0.1, 0.15) is 42.7 Å². The summed E-state index contributed by atoms with van der Waals surface area (Å²) in [6.45, 7) is 0.934. The van der Waals surface area contributed by atoms with Crippen LogP contribution in [0.4, 0.5) is 47.0 Å². The number of piperazine rings is 1. The van der Waals surface area contributed by atoms with Crippen molar-refractivity contribution in [1.82, 2.24) is 20.5 Å². The highest BCUT2D eigenvalue weighted by atomic mass is 19.4. The molecule has 0 unspecified atom stereocenters. The molecule has 0 radical (unpaired) electrons. The van der Waals surface area contributed by atoms with Gasteiger partial charge in [0, 0.05) is 74.5 Å². The van der Waals surface area contributed by atoms with Crippen molar-refractivity contribution in [3.63, 3.8) is 0 Å². The number of benzene rings is 1. The van der Waals surface area contributed by atoms with E-state index in [0.29, 0.717) is 18.0 Å². The summed E-state index contributed by atoms with van der Waals surface area (Å²) < 4.78 is 106. The number of carbonyl (C=O) groups is 2. The lowest BCUT2D eigenvalue weighted by molar-refractivity contribution is -0.136. The average Bonchev–Trinajstić information content (AvgIpc) is 3.31. The van der Waals surface area contributed by atoms with E-state index in [1.807, 2.05) is 11.9 Å². The van der Waals surface area contributed by atoms with E-state index in [9.17, 15) is 31.5 Å². The number of anilines is 2. The standard InChI is InChI=1S/C30H35F7N6O3/c1-41-9-11-42(12-10-41)22-7-8-38-27(24(22)30(35,36)37)43-15-19(23-20(31)13-18(46-2)14-21(23)32)25(28(43)44)40-29(45)39-17-5-3-16(4-6-17)26(33)34/h7-8,13-14,16-17,19,25-26H,3-6,9-12,15H2,1-2H3,(H2,39,40,45)/t16-,17-,19-,25-/m0/s1. The molecule has 3 aliphatic rings. The molecule has 0 bridgehead atoms. The summed E-state index contributed by atoms with van der Waals surface area (Å²) in [5.74, 6) is -6.47. The molecule has 2 aliphatic heterocycles. The summed E-state index contributed by atoms with van der Waals surface area (Å²) in [7, 11) is 3.04. The number of alkyl halides is 5. The first-order valence-corrected chi connectivity index (χ1v) is 15.0. The van der Waals surface area contributed by atoms with E-state index in [2.05, 4.69) is 15.6 Å². The Morgan fingerprint density at radius 3 is 2.22 bits per heavy atom. The zero-order valence-corrected chi connectivity index (χ0v) is 25.2. The lowest BCUT2D eigenvalue weighted by Crippen LogP contribution is -2.51. The molecule has 1 aromatic carbocycles. The fourth-order valence-corrected chi connectivity index (χ4v) is 6.49. The molecule has 0 spiro atoms. The van der Waals surface area contributed by atoms with Crippen molar-refractivity contribution < 1.29 is 45.1 Å². The highest BCUT2D eigenvalue weighted by Crippen LogP contribution is 2.45. The van der Waals surface area contributed by atoms with Crippen molar-refractivity contribution in [2.45, 2.75) is 56.3 Å². The quantitative estimate of drug-likeness (QED) is 0.417. The Bertz CT molecular complexity index is 1410. The zero-order chi connectivity index (χ0) is 33.3. The monoisotopic (exact) mass is 660 g/mol. The molecule has 2 aromatic rings. The number of hydrogen-bond donors (Lipinski definition) is 2. The lowest BCUT2D eigenvalue weighted by atomic mass is 9.86. The van der Waals surface area contributed by atoms with Crippen molar-refractivity contribution in [2.75, 3.05) is 56.7 Å². The van der Waals surface area contributed by atoms with Crippen LogP contribution in [-0.4, -0.2) is 87.2 Å². The molecule has 2 N–H and O–H groups in total. The number of methoxy groups -OCH3 is 1. The van der Waals surface area contributed by atoms with Crippen LogP contribution >= 0.6 is 0 Å². The Morgan fingerprint density at radius 1 is 1.02 bits per heavy atom. The van der Waals surface area contributed by atoms with Gasteiger partial charge >= 0.3 is 12.2 Å². The van der Waals surface area contributed by atoms with Gasteiger partial charge in [0.1, 0.15) is 34.8 Å². The van der Waals surface area contributed by atoms with Gasteiger partial charge in [-0.05, 0) is 38.8 Å². The summed E-state index contributed by atoms with van der Waals surface area (Å²) >= 11 is 0. The van der Waals surface area contributed by atoms with E-state index in [1.165, 1.54) is 13.2 Å². The number of aromatic nitrogens is 1. The third-order valence-corrected chi connectivity index (χ3v) is 9.01. The summed E-state index contributed by atoms with van der Waals surface area (Å²) in [6, 6.07) is -0.158. The van der Waals surface area contributed by atoms with Gasteiger partial charge < -0.3 is 25.2 Å². The average molecular weight is 661 g/mol. The van der Waals surface area contributed by atoms with E-state index in [0.717, 1.165) is 18.3 Å². The van der Waals surface area contributed by atoms with Crippen LogP contribution in [0.2, 0.25) is 0 Å². The smallest absolute Gasteiger partial charge is 0.421 e. The van der Waals surface area contributed by atoms with Gasteiger partial charge in [-0.3, -0.25) is 9.69 Å². The van der Waals surface area contributed by atoms with Crippen LogP contribution in [0.5, 0.6) is 5.75 Å². The highest BCUT2D eigenvalue weighted by molar-refractivity contribution is 6.03. The third-order valence-electron chi connectivity index (χ3n) is 9.01. The maximum Gasteiger partial charge on any atom is 0.421 e. The maximum atomic E-state index is 15.4. The third kappa shape index (κ3) is 6.95. The molecule has 16 heteroatoms. The Morgan fingerprint density at radius 2 is 1.65 bits per heavy atom. The molecule has 3 amide bonds. The number of hydrogen-bond acceptors (Lipinski definition) is 6. The van der Waals surface area contributed by atoms with Gasteiger partial charge in [-0.15, -0.1) is 0 Å². The van der Waals surface area contributed by atoms with Gasteiger partial charge in [0.05, 0.1) is 12.8 Å². The number of pyridine rings is 1. The number of rotatable bonds is 7. The Kier molecular flexibility index (Phi) is 9.84. The second-order valence-corrected chi connectivity index (χ2v) is 11.9. The minimum absolute atomic E-state index is 0.164. The summed E-state index contributed by atoms with van der Waals surface area (Å²) in [5, 5.41) is 5.02. The van der Waals surface area contributed by atoms with Crippen molar-refractivity contribution in [2.24, 2.45) is 5.92 Å². The molecular formula is C30H35F7N6O3. The van der Waals surface area contributed by atoms with E-state index < -0.39 is 83.6 Å². The molecule has 252 valence electrons. The van der Waals surface area contributed by atoms with Gasteiger partial charge in [-0.1, -0.05) is 0 Å². The largest absolute Gasteiger partial charge is 0.497 e. The number of ether oxygens (including phenoxy) is 1. The first kappa shape index (κ1) is 33.5. The molecule has 5 rings (SSSR count). The summed E-state index contributed by atoms with van der Waals surface area (Å²) in [4.78, 5) is 35.1. The van der Waals surface area contributed by atoms with Gasteiger partial charge in [-0.2, -0.15) is 13.2 Å². The number of nitrogens with one attached hydrogen (secondary N) is 2. The molecular weight excluding hydrogens is 625 g/mol. The molecule has 3 heterocycles. The second kappa shape index (κ2) is 13.5. The van der Waals surface area contributed by atoms with Crippen LogP contribution in [0.25, 0.3) is 0 Å². The van der Waals surface area contributed by atoms with Crippen molar-refractivity contribution >= 4 is 23.4 Å². The summed E-state index contributed by atoms with van der Waals surface area (Å²) in [6.07, 6.45) is -5.49. The van der Waals surface area contributed by atoms with Gasteiger partial charge in [-0.25, -0.2) is 27.3 Å². The minimum Gasteiger partial charge on any atom is -0.497 e. The van der Waals surface area contributed by atoms with Crippen molar-refractivity contribution in [3.05, 3.63) is 47.2 Å². The highest BCUT2D eigenvalue weighted by Gasteiger charge is 2.49. The number of urea groups is 1. The fourth-order valence-electron chi connectivity index (χ4n) is 6.49. The van der Waals surface area contributed by atoms with E-state index >= 15 is 8.78 Å². The number of likely N-dealkylation sites (N-methyl/N-ethyl adjacent to an activating group) is 1. The number of halogens is 7. The van der Waals surface area contributed by atoms with Gasteiger partial charge in [0.25, 0.3) is 5.91 Å². The van der Waals surface area contributed by atoms with E-state index in [1.54, 1.807) is 4.90 Å². The molecule has 1 aliphatic carbocycles. The second-order valence-electron chi connectivity index (χ2n) is 11.9. The predicted molar refractivity (Wildman–Crippen MR) is 154 cm³/mol. The van der Waals surface area contributed by atoms with E-state index in [4.69, 9.17) is 4.74 Å². The van der Waals surface area contributed by atoms with Crippen LogP contribution in [0.3, 0.4) is 0 Å². The normalized spacial score (nSPS) is 24.4. The van der Waals surface area contributed by atoms with Crippen molar-refractivity contribution in [1.29, 1.82) is 0 Å². The molecule has 46 heavy (non-hydrogen) atoms. The fraction of sp³-hybridized carbons (Fsp3) is 0.567. The van der Waals surface area contributed by atoms with Crippen LogP contribution < -0.4 is 25.2 Å². The minimum atomic E-state index is -4.96.